The van der Waals surface area contributed by atoms with E-state index in [4.69, 9.17) is 9.47 Å². The maximum atomic E-state index is 14.7. The van der Waals surface area contributed by atoms with Gasteiger partial charge in [0.25, 0.3) is 5.91 Å². The van der Waals surface area contributed by atoms with Crippen molar-refractivity contribution in [3.63, 3.8) is 0 Å². The Hall–Kier alpha value is -3.89. The second-order valence-electron chi connectivity index (χ2n) is 8.16. The number of methoxy groups -OCH3 is 1. The van der Waals surface area contributed by atoms with Crippen LogP contribution >= 0.6 is 0 Å². The first-order valence-electron chi connectivity index (χ1n) is 11.2. The Morgan fingerprint density at radius 1 is 0.917 bits per heavy atom. The Bertz CT molecular complexity index is 1260. The first-order valence-corrected chi connectivity index (χ1v) is 11.2. The summed E-state index contributed by atoms with van der Waals surface area (Å²) >= 11 is 0. The van der Waals surface area contributed by atoms with Crippen molar-refractivity contribution in [3.05, 3.63) is 77.6 Å². The molecule has 0 radical (unpaired) electrons. The van der Waals surface area contributed by atoms with Crippen molar-refractivity contribution < 1.29 is 32.2 Å². The third kappa shape index (κ3) is 6.21. The van der Waals surface area contributed by atoms with E-state index in [9.17, 15) is 22.8 Å². The van der Waals surface area contributed by atoms with Gasteiger partial charge in [-0.25, -0.2) is 13.2 Å². The van der Waals surface area contributed by atoms with E-state index in [0.717, 1.165) is 24.3 Å². The molecule has 0 aromatic heterocycles. The molecule has 3 aromatic carbocycles. The summed E-state index contributed by atoms with van der Waals surface area (Å²) in [7, 11) is 1.45. The van der Waals surface area contributed by atoms with Crippen molar-refractivity contribution in [3.8, 4) is 16.9 Å². The van der Waals surface area contributed by atoms with Crippen LogP contribution < -0.4 is 15.4 Å². The van der Waals surface area contributed by atoms with E-state index >= 15 is 0 Å². The topological polar surface area (TPSA) is 79.9 Å². The molecule has 0 atom stereocenters. The van der Waals surface area contributed by atoms with Crippen LogP contribution in [0.5, 0.6) is 5.75 Å². The van der Waals surface area contributed by atoms with E-state index in [1.54, 1.807) is 12.1 Å². The van der Waals surface area contributed by atoms with Gasteiger partial charge < -0.3 is 20.1 Å². The smallest absolute Gasteiger partial charge is 0.258 e. The quantitative estimate of drug-likeness (QED) is 0.507. The zero-order chi connectivity index (χ0) is 25.7. The molecule has 2 amide bonds. The SMILES string of the molecule is COc1ccc(NC(=O)c2ccc(-c3cc(F)cc(F)c3)cc2F)cc1NC(=O)CN1CCOCC1. The second-order valence-corrected chi connectivity index (χ2v) is 8.16. The standard InChI is InChI=1S/C26H24F3N3O4/c1-35-24-5-3-20(14-23(24)31-25(33)15-32-6-8-36-9-7-32)30-26(34)21-4-2-16(12-22(21)29)17-10-18(27)13-19(28)11-17/h2-5,10-14H,6-9,15H2,1H3,(H,30,34)(H,31,33). The summed E-state index contributed by atoms with van der Waals surface area (Å²) in [6.45, 7) is 2.61. The molecular weight excluding hydrogens is 475 g/mol. The molecule has 4 rings (SSSR count). The number of morpholine rings is 1. The largest absolute Gasteiger partial charge is 0.495 e. The monoisotopic (exact) mass is 499 g/mol. The minimum absolute atomic E-state index is 0.144. The summed E-state index contributed by atoms with van der Waals surface area (Å²) in [4.78, 5) is 27.2. The number of halogens is 3. The molecule has 10 heteroatoms. The van der Waals surface area contributed by atoms with Crippen LogP contribution in [-0.4, -0.2) is 56.7 Å². The Morgan fingerprint density at radius 3 is 2.31 bits per heavy atom. The number of anilines is 2. The average Bonchev–Trinajstić information content (AvgIpc) is 2.84. The van der Waals surface area contributed by atoms with Crippen LogP contribution in [0, 0.1) is 17.5 Å². The molecule has 1 heterocycles. The van der Waals surface area contributed by atoms with Crippen molar-refractivity contribution in [2.75, 3.05) is 50.6 Å². The Kier molecular flexibility index (Phi) is 7.87. The summed E-state index contributed by atoms with van der Waals surface area (Å²) in [5.74, 6) is -3.04. The molecule has 1 fully saturated rings. The number of ether oxygens (including phenoxy) is 2. The predicted molar refractivity (Wildman–Crippen MR) is 129 cm³/mol. The van der Waals surface area contributed by atoms with E-state index in [1.165, 1.54) is 25.3 Å². The lowest BCUT2D eigenvalue weighted by Gasteiger charge is -2.26. The minimum Gasteiger partial charge on any atom is -0.495 e. The van der Waals surface area contributed by atoms with Gasteiger partial charge in [-0.2, -0.15) is 0 Å². The Labute approximate surface area is 205 Å². The molecule has 36 heavy (non-hydrogen) atoms. The first-order chi connectivity index (χ1) is 17.3. The molecule has 0 saturated carbocycles. The second kappa shape index (κ2) is 11.2. The van der Waals surface area contributed by atoms with Crippen molar-refractivity contribution in [2.24, 2.45) is 0 Å². The van der Waals surface area contributed by atoms with E-state index in [0.29, 0.717) is 43.4 Å². The van der Waals surface area contributed by atoms with Gasteiger partial charge in [-0.05, 0) is 53.6 Å². The first kappa shape index (κ1) is 25.2. The lowest BCUT2D eigenvalue weighted by molar-refractivity contribution is -0.118. The number of rotatable bonds is 7. The van der Waals surface area contributed by atoms with Crippen LogP contribution in [0.2, 0.25) is 0 Å². The third-order valence-corrected chi connectivity index (χ3v) is 5.61. The maximum absolute atomic E-state index is 14.7. The van der Waals surface area contributed by atoms with Crippen LogP contribution in [-0.2, 0) is 9.53 Å². The fourth-order valence-corrected chi connectivity index (χ4v) is 3.83. The van der Waals surface area contributed by atoms with Crippen LogP contribution in [0.25, 0.3) is 11.1 Å². The van der Waals surface area contributed by atoms with Gasteiger partial charge in [0.2, 0.25) is 5.91 Å². The zero-order valence-corrected chi connectivity index (χ0v) is 19.4. The highest BCUT2D eigenvalue weighted by atomic mass is 19.1. The van der Waals surface area contributed by atoms with Crippen molar-refractivity contribution >= 4 is 23.2 Å². The minimum atomic E-state index is -0.859. The number of benzene rings is 3. The summed E-state index contributed by atoms with van der Waals surface area (Å²) in [6, 6.07) is 11.2. The van der Waals surface area contributed by atoms with Gasteiger partial charge in [0.05, 0.1) is 38.1 Å². The highest BCUT2D eigenvalue weighted by Crippen LogP contribution is 2.29. The molecule has 0 unspecified atom stereocenters. The number of amides is 2. The molecule has 1 aliphatic heterocycles. The Morgan fingerprint density at radius 2 is 1.64 bits per heavy atom. The lowest BCUT2D eigenvalue weighted by atomic mass is 10.0. The molecule has 0 aliphatic carbocycles. The van der Waals surface area contributed by atoms with Crippen molar-refractivity contribution in [1.82, 2.24) is 4.90 Å². The van der Waals surface area contributed by atoms with Gasteiger partial charge in [-0.3, -0.25) is 14.5 Å². The molecule has 188 valence electrons. The lowest BCUT2D eigenvalue weighted by Crippen LogP contribution is -2.41. The van der Waals surface area contributed by atoms with Gasteiger partial charge in [0, 0.05) is 24.8 Å². The average molecular weight is 499 g/mol. The number of nitrogens with one attached hydrogen (secondary N) is 2. The van der Waals surface area contributed by atoms with Crippen LogP contribution in [0.4, 0.5) is 24.5 Å². The van der Waals surface area contributed by atoms with Crippen LogP contribution in [0.1, 0.15) is 10.4 Å². The molecule has 7 nitrogen and oxygen atoms in total. The predicted octanol–water partition coefficient (Wildman–Crippen LogP) is 4.30. The van der Waals surface area contributed by atoms with Crippen molar-refractivity contribution in [1.29, 1.82) is 0 Å². The molecule has 1 aliphatic rings. The number of carbonyl (C=O) groups is 2. The highest BCUT2D eigenvalue weighted by molar-refractivity contribution is 6.05. The summed E-state index contributed by atoms with van der Waals surface area (Å²) in [6.07, 6.45) is 0. The van der Waals surface area contributed by atoms with Crippen LogP contribution in [0.15, 0.2) is 54.6 Å². The molecule has 2 N–H and O–H groups in total. The maximum Gasteiger partial charge on any atom is 0.258 e. The Balaban J connectivity index is 1.47. The molecule has 0 bridgehead atoms. The molecule has 0 spiro atoms. The van der Waals surface area contributed by atoms with Gasteiger partial charge in [0.1, 0.15) is 23.2 Å². The highest BCUT2D eigenvalue weighted by Gasteiger charge is 2.18. The fourth-order valence-electron chi connectivity index (χ4n) is 3.83. The van der Waals surface area contributed by atoms with Gasteiger partial charge >= 0.3 is 0 Å². The zero-order valence-electron chi connectivity index (χ0n) is 19.4. The van der Waals surface area contributed by atoms with E-state index in [-0.39, 0.29) is 29.1 Å². The number of hydrogen-bond acceptors (Lipinski definition) is 5. The number of carbonyl (C=O) groups excluding carboxylic acids is 2. The molecular formula is C26H24F3N3O4. The van der Waals surface area contributed by atoms with E-state index in [1.807, 2.05) is 4.90 Å². The van der Waals surface area contributed by atoms with Gasteiger partial charge in [-0.15, -0.1) is 0 Å². The molecule has 1 saturated heterocycles. The van der Waals surface area contributed by atoms with Crippen molar-refractivity contribution in [2.45, 2.75) is 0 Å². The van der Waals surface area contributed by atoms with E-state index < -0.39 is 23.4 Å². The summed E-state index contributed by atoms with van der Waals surface area (Å²) < 4.78 is 52.3. The summed E-state index contributed by atoms with van der Waals surface area (Å²) in [5.41, 5.74) is 0.753. The van der Waals surface area contributed by atoms with Crippen LogP contribution in [0.3, 0.4) is 0 Å². The number of nitrogens with zero attached hydrogens (tertiary/aromatic N) is 1. The van der Waals surface area contributed by atoms with Gasteiger partial charge in [-0.1, -0.05) is 6.07 Å². The van der Waals surface area contributed by atoms with E-state index in [2.05, 4.69) is 10.6 Å². The normalized spacial score (nSPS) is 13.8. The fraction of sp³-hybridized carbons (Fsp3) is 0.231. The number of hydrogen-bond donors (Lipinski definition) is 2. The summed E-state index contributed by atoms with van der Waals surface area (Å²) in [5, 5.41) is 5.37. The molecule has 3 aromatic rings. The van der Waals surface area contributed by atoms with Gasteiger partial charge in [0.15, 0.2) is 0 Å². The third-order valence-electron chi connectivity index (χ3n) is 5.61.